The highest BCUT2D eigenvalue weighted by Crippen LogP contribution is 2.25. The van der Waals surface area contributed by atoms with Crippen molar-refractivity contribution in [3.63, 3.8) is 0 Å². The highest BCUT2D eigenvalue weighted by Gasteiger charge is 2.06. The van der Waals surface area contributed by atoms with Gasteiger partial charge in [0.1, 0.15) is 11.6 Å². The molecule has 0 aliphatic heterocycles. The molecule has 0 atom stereocenters. The molecular formula is C15H20N4O. The molecule has 5 nitrogen and oxygen atoms in total. The summed E-state index contributed by atoms with van der Waals surface area (Å²) in [5.74, 6) is 2.29. The van der Waals surface area contributed by atoms with Crippen molar-refractivity contribution < 1.29 is 4.74 Å². The van der Waals surface area contributed by atoms with E-state index >= 15 is 0 Å². The minimum atomic E-state index is 0.631. The highest BCUT2D eigenvalue weighted by molar-refractivity contribution is 5.64. The fourth-order valence-electron chi connectivity index (χ4n) is 1.84. The Morgan fingerprint density at radius 2 is 2.00 bits per heavy atom. The van der Waals surface area contributed by atoms with Crippen molar-refractivity contribution in [3.05, 3.63) is 35.5 Å². The molecule has 20 heavy (non-hydrogen) atoms. The molecule has 0 aliphatic rings. The number of anilines is 3. The van der Waals surface area contributed by atoms with E-state index in [1.54, 1.807) is 7.11 Å². The van der Waals surface area contributed by atoms with Crippen LogP contribution in [-0.4, -0.2) is 23.6 Å². The van der Waals surface area contributed by atoms with E-state index in [0.717, 1.165) is 34.9 Å². The number of ether oxygens (including phenoxy) is 1. The van der Waals surface area contributed by atoms with Crippen LogP contribution in [0.1, 0.15) is 18.1 Å². The van der Waals surface area contributed by atoms with Crippen molar-refractivity contribution in [1.29, 1.82) is 0 Å². The van der Waals surface area contributed by atoms with Crippen molar-refractivity contribution in [3.8, 4) is 5.75 Å². The van der Waals surface area contributed by atoms with Gasteiger partial charge in [-0.2, -0.15) is 4.98 Å². The summed E-state index contributed by atoms with van der Waals surface area (Å²) in [6.45, 7) is 6.83. The van der Waals surface area contributed by atoms with Crippen LogP contribution in [0.3, 0.4) is 0 Å². The second kappa shape index (κ2) is 6.23. The zero-order valence-electron chi connectivity index (χ0n) is 12.3. The highest BCUT2D eigenvalue weighted by atomic mass is 16.5. The number of methoxy groups -OCH3 is 1. The maximum Gasteiger partial charge on any atom is 0.224 e. The van der Waals surface area contributed by atoms with Gasteiger partial charge in [-0.15, -0.1) is 0 Å². The summed E-state index contributed by atoms with van der Waals surface area (Å²) in [6.07, 6.45) is 1.81. The van der Waals surface area contributed by atoms with Crippen LogP contribution in [0.4, 0.5) is 17.5 Å². The molecule has 2 rings (SSSR count). The van der Waals surface area contributed by atoms with Gasteiger partial charge in [-0.25, -0.2) is 4.98 Å². The lowest BCUT2D eigenvalue weighted by Crippen LogP contribution is -2.06. The molecule has 0 aliphatic carbocycles. The van der Waals surface area contributed by atoms with Gasteiger partial charge in [0, 0.05) is 24.0 Å². The number of aromatic nitrogens is 2. The van der Waals surface area contributed by atoms with Crippen LogP contribution in [-0.2, 0) is 0 Å². The molecule has 1 aromatic carbocycles. The van der Waals surface area contributed by atoms with E-state index in [-0.39, 0.29) is 0 Å². The fraction of sp³-hybridized carbons (Fsp3) is 0.333. The van der Waals surface area contributed by atoms with E-state index in [1.807, 2.05) is 45.2 Å². The van der Waals surface area contributed by atoms with Gasteiger partial charge in [-0.05, 0) is 44.5 Å². The molecule has 1 heterocycles. The summed E-state index contributed by atoms with van der Waals surface area (Å²) in [4.78, 5) is 8.71. The number of hydrogen-bond donors (Lipinski definition) is 2. The zero-order valence-corrected chi connectivity index (χ0v) is 12.3. The summed E-state index contributed by atoms with van der Waals surface area (Å²) in [7, 11) is 1.67. The third-order valence-electron chi connectivity index (χ3n) is 2.99. The smallest absolute Gasteiger partial charge is 0.224 e. The third kappa shape index (κ3) is 3.17. The quantitative estimate of drug-likeness (QED) is 0.874. The first kappa shape index (κ1) is 14.1. The van der Waals surface area contributed by atoms with Crippen molar-refractivity contribution in [2.75, 3.05) is 24.3 Å². The molecule has 5 heteroatoms. The van der Waals surface area contributed by atoms with E-state index in [4.69, 9.17) is 4.74 Å². The SMILES string of the molecule is CCNc1ncc(C)c(Nc2ccc(OC)cc2C)n1. The standard InChI is InChI=1S/C15H20N4O/c1-5-16-15-17-9-11(3)14(19-15)18-13-7-6-12(20-4)8-10(13)2/h6-9H,5H2,1-4H3,(H2,16,17,18,19). The van der Waals surface area contributed by atoms with Crippen LogP contribution in [0.2, 0.25) is 0 Å². The summed E-state index contributed by atoms with van der Waals surface area (Å²) in [5, 5.41) is 6.46. The van der Waals surface area contributed by atoms with Crippen LogP contribution in [0.25, 0.3) is 0 Å². The fourth-order valence-corrected chi connectivity index (χ4v) is 1.84. The van der Waals surface area contributed by atoms with Gasteiger partial charge in [0.15, 0.2) is 0 Å². The van der Waals surface area contributed by atoms with Crippen molar-refractivity contribution >= 4 is 17.5 Å². The van der Waals surface area contributed by atoms with Gasteiger partial charge in [0.25, 0.3) is 0 Å². The van der Waals surface area contributed by atoms with Gasteiger partial charge in [-0.3, -0.25) is 0 Å². The molecule has 1 aromatic heterocycles. The largest absolute Gasteiger partial charge is 0.497 e. The minimum Gasteiger partial charge on any atom is -0.497 e. The topological polar surface area (TPSA) is 59.1 Å². The van der Waals surface area contributed by atoms with E-state index in [9.17, 15) is 0 Å². The summed E-state index contributed by atoms with van der Waals surface area (Å²) >= 11 is 0. The Labute approximate surface area is 119 Å². The molecule has 0 spiro atoms. The molecule has 0 bridgehead atoms. The van der Waals surface area contributed by atoms with Crippen molar-refractivity contribution in [2.45, 2.75) is 20.8 Å². The maximum atomic E-state index is 5.21. The van der Waals surface area contributed by atoms with Gasteiger partial charge in [0.2, 0.25) is 5.95 Å². The normalized spacial score (nSPS) is 10.2. The Balaban J connectivity index is 2.27. The number of rotatable bonds is 5. The summed E-state index contributed by atoms with van der Waals surface area (Å²) in [6, 6.07) is 5.91. The van der Waals surface area contributed by atoms with Crippen LogP contribution in [0, 0.1) is 13.8 Å². The Morgan fingerprint density at radius 3 is 2.65 bits per heavy atom. The van der Waals surface area contributed by atoms with Gasteiger partial charge in [-0.1, -0.05) is 0 Å². The molecule has 0 amide bonds. The monoisotopic (exact) mass is 272 g/mol. The first-order valence-corrected chi connectivity index (χ1v) is 6.63. The zero-order chi connectivity index (χ0) is 14.5. The number of nitrogens with zero attached hydrogens (tertiary/aromatic N) is 2. The van der Waals surface area contributed by atoms with Crippen molar-refractivity contribution in [2.24, 2.45) is 0 Å². The Bertz CT molecular complexity index is 598. The Morgan fingerprint density at radius 1 is 1.20 bits per heavy atom. The molecule has 0 saturated carbocycles. The van der Waals surface area contributed by atoms with Gasteiger partial charge in [0.05, 0.1) is 7.11 Å². The first-order chi connectivity index (χ1) is 9.63. The second-order valence-corrected chi connectivity index (χ2v) is 4.56. The van der Waals surface area contributed by atoms with E-state index in [2.05, 4.69) is 20.6 Å². The maximum absolute atomic E-state index is 5.21. The van der Waals surface area contributed by atoms with E-state index in [1.165, 1.54) is 0 Å². The predicted octanol–water partition coefficient (Wildman–Crippen LogP) is 3.28. The molecule has 2 aromatic rings. The van der Waals surface area contributed by atoms with Crippen molar-refractivity contribution in [1.82, 2.24) is 9.97 Å². The molecule has 0 fully saturated rings. The lowest BCUT2D eigenvalue weighted by atomic mass is 10.2. The van der Waals surface area contributed by atoms with E-state index in [0.29, 0.717) is 5.95 Å². The second-order valence-electron chi connectivity index (χ2n) is 4.56. The van der Waals surface area contributed by atoms with Crippen LogP contribution < -0.4 is 15.4 Å². The van der Waals surface area contributed by atoms with Crippen LogP contribution in [0.5, 0.6) is 5.75 Å². The van der Waals surface area contributed by atoms with Crippen LogP contribution in [0.15, 0.2) is 24.4 Å². The molecule has 0 saturated heterocycles. The van der Waals surface area contributed by atoms with Gasteiger partial charge < -0.3 is 15.4 Å². The number of benzene rings is 1. The number of hydrogen-bond acceptors (Lipinski definition) is 5. The first-order valence-electron chi connectivity index (χ1n) is 6.63. The number of aryl methyl sites for hydroxylation is 2. The summed E-state index contributed by atoms with van der Waals surface area (Å²) in [5.41, 5.74) is 3.12. The lowest BCUT2D eigenvalue weighted by Gasteiger charge is -2.13. The minimum absolute atomic E-state index is 0.631. The predicted molar refractivity (Wildman–Crippen MR) is 81.9 cm³/mol. The number of nitrogens with one attached hydrogen (secondary N) is 2. The molecule has 0 radical (unpaired) electrons. The molecule has 106 valence electrons. The summed E-state index contributed by atoms with van der Waals surface area (Å²) < 4.78 is 5.21. The molecule has 2 N–H and O–H groups in total. The Kier molecular flexibility index (Phi) is 4.40. The molecular weight excluding hydrogens is 252 g/mol. The van der Waals surface area contributed by atoms with Gasteiger partial charge >= 0.3 is 0 Å². The van der Waals surface area contributed by atoms with E-state index < -0.39 is 0 Å². The molecule has 0 unspecified atom stereocenters. The van der Waals surface area contributed by atoms with Crippen LogP contribution >= 0.6 is 0 Å². The Hall–Kier alpha value is -2.30. The lowest BCUT2D eigenvalue weighted by molar-refractivity contribution is 0.414. The third-order valence-corrected chi connectivity index (χ3v) is 2.99. The average molecular weight is 272 g/mol. The average Bonchev–Trinajstić information content (AvgIpc) is 2.44.